The zero-order valence-electron chi connectivity index (χ0n) is 14.8. The van der Waals surface area contributed by atoms with Crippen LogP contribution >= 0.6 is 11.6 Å². The fourth-order valence-electron chi connectivity index (χ4n) is 3.01. The molecule has 2 aromatic carbocycles. The molecule has 1 aliphatic heterocycles. The standard InChI is InChI=1S/C21H14ClN3O4/c22-14-5-9-16(10-6-14)25-19(26)18(23-21(25)29)12-17-2-1-11-24(17)15-7-3-13(4-8-15)20(27)28/h1-12H,(H,23,29)(H,27,28)/p-1/b18-12+. The molecule has 0 unspecified atom stereocenters. The van der Waals surface area contributed by atoms with E-state index in [0.717, 1.165) is 4.90 Å². The molecule has 8 heteroatoms. The predicted octanol–water partition coefficient (Wildman–Crippen LogP) is 2.59. The molecule has 3 aromatic rings. The number of aromatic nitrogens is 1. The number of amides is 3. The van der Waals surface area contributed by atoms with Crippen LogP contribution in [0, 0.1) is 0 Å². The third kappa shape index (κ3) is 3.51. The number of halogens is 1. The lowest BCUT2D eigenvalue weighted by atomic mass is 10.2. The number of hydrogen-bond donors (Lipinski definition) is 1. The molecule has 1 aliphatic rings. The summed E-state index contributed by atoms with van der Waals surface area (Å²) in [4.78, 5) is 37.0. The zero-order chi connectivity index (χ0) is 20.5. The summed E-state index contributed by atoms with van der Waals surface area (Å²) in [5.74, 6) is -1.75. The van der Waals surface area contributed by atoms with E-state index in [1.807, 2.05) is 0 Å². The Kier molecular flexibility index (Phi) is 4.66. The Morgan fingerprint density at radius 2 is 1.62 bits per heavy atom. The van der Waals surface area contributed by atoms with Gasteiger partial charge in [0.05, 0.1) is 11.7 Å². The van der Waals surface area contributed by atoms with Gasteiger partial charge in [0, 0.05) is 22.6 Å². The van der Waals surface area contributed by atoms with Crippen molar-refractivity contribution < 1.29 is 19.5 Å². The second kappa shape index (κ2) is 7.29. The molecule has 2 heterocycles. The SMILES string of the molecule is O=C([O-])c1ccc(-n2cccc2/C=C2/NC(=O)N(c3ccc(Cl)cc3)C2=O)cc1. The van der Waals surface area contributed by atoms with E-state index < -0.39 is 17.9 Å². The van der Waals surface area contributed by atoms with Gasteiger partial charge in [-0.3, -0.25) is 4.79 Å². The monoisotopic (exact) mass is 406 g/mol. The Balaban J connectivity index is 1.65. The number of anilines is 1. The minimum atomic E-state index is -1.26. The summed E-state index contributed by atoms with van der Waals surface area (Å²) in [6.45, 7) is 0. The highest BCUT2D eigenvalue weighted by Gasteiger charge is 2.35. The van der Waals surface area contributed by atoms with Crippen molar-refractivity contribution in [2.24, 2.45) is 0 Å². The Morgan fingerprint density at radius 3 is 2.28 bits per heavy atom. The Labute approximate surface area is 170 Å². The third-order valence-corrected chi connectivity index (χ3v) is 4.67. The number of benzene rings is 2. The summed E-state index contributed by atoms with van der Waals surface area (Å²) in [7, 11) is 0. The van der Waals surface area contributed by atoms with Crippen molar-refractivity contribution in [3.63, 3.8) is 0 Å². The van der Waals surface area contributed by atoms with Gasteiger partial charge in [-0.05, 0) is 60.2 Å². The molecule has 1 aromatic heterocycles. The van der Waals surface area contributed by atoms with Gasteiger partial charge in [0.2, 0.25) is 0 Å². The van der Waals surface area contributed by atoms with Crippen LogP contribution in [-0.4, -0.2) is 22.5 Å². The second-order valence-electron chi connectivity index (χ2n) is 6.24. The molecular weight excluding hydrogens is 394 g/mol. The van der Waals surface area contributed by atoms with Crippen LogP contribution in [-0.2, 0) is 4.79 Å². The number of imide groups is 1. The first-order valence-corrected chi connectivity index (χ1v) is 8.94. The van der Waals surface area contributed by atoms with Crippen molar-refractivity contribution in [2.75, 3.05) is 4.90 Å². The summed E-state index contributed by atoms with van der Waals surface area (Å²) >= 11 is 5.86. The lowest BCUT2D eigenvalue weighted by Crippen LogP contribution is -2.30. The molecule has 1 N–H and O–H groups in total. The number of hydrogen-bond acceptors (Lipinski definition) is 4. The number of carbonyl (C=O) groups is 3. The van der Waals surface area contributed by atoms with Crippen molar-refractivity contribution in [1.29, 1.82) is 0 Å². The topological polar surface area (TPSA) is 94.5 Å². The molecule has 0 aliphatic carbocycles. The molecule has 29 heavy (non-hydrogen) atoms. The van der Waals surface area contributed by atoms with Gasteiger partial charge in [0.1, 0.15) is 5.70 Å². The number of nitrogens with one attached hydrogen (secondary N) is 1. The molecule has 0 saturated carbocycles. The van der Waals surface area contributed by atoms with E-state index in [9.17, 15) is 19.5 Å². The minimum Gasteiger partial charge on any atom is -0.545 e. The molecule has 4 rings (SSSR count). The van der Waals surface area contributed by atoms with Crippen LogP contribution < -0.4 is 15.3 Å². The van der Waals surface area contributed by atoms with Gasteiger partial charge in [-0.15, -0.1) is 0 Å². The number of aromatic carboxylic acids is 1. The highest BCUT2D eigenvalue weighted by Crippen LogP contribution is 2.24. The number of nitrogens with zero attached hydrogens (tertiary/aromatic N) is 2. The lowest BCUT2D eigenvalue weighted by molar-refractivity contribution is -0.255. The van der Waals surface area contributed by atoms with E-state index in [2.05, 4.69) is 5.32 Å². The number of carbonyl (C=O) groups excluding carboxylic acids is 3. The van der Waals surface area contributed by atoms with Crippen molar-refractivity contribution in [3.05, 3.63) is 88.8 Å². The molecular formula is C21H13ClN3O4-. The number of carboxylic acid groups (broad SMARTS) is 1. The maximum atomic E-state index is 12.8. The first-order valence-electron chi connectivity index (χ1n) is 8.56. The summed E-state index contributed by atoms with van der Waals surface area (Å²) in [5.41, 5.74) is 1.92. The van der Waals surface area contributed by atoms with Gasteiger partial charge < -0.3 is 19.8 Å². The summed E-state index contributed by atoms with van der Waals surface area (Å²) in [6.07, 6.45) is 3.32. The number of rotatable bonds is 4. The Hall–Kier alpha value is -3.84. The van der Waals surface area contributed by atoms with E-state index in [4.69, 9.17) is 11.6 Å². The van der Waals surface area contributed by atoms with Gasteiger partial charge in [-0.1, -0.05) is 23.7 Å². The van der Waals surface area contributed by atoms with Crippen molar-refractivity contribution in [3.8, 4) is 5.69 Å². The Bertz CT molecular complexity index is 1150. The van der Waals surface area contributed by atoms with Gasteiger partial charge in [0.25, 0.3) is 5.91 Å². The van der Waals surface area contributed by atoms with Gasteiger partial charge in [-0.25, -0.2) is 9.69 Å². The normalized spacial score (nSPS) is 15.1. The van der Waals surface area contributed by atoms with Crippen molar-refractivity contribution in [2.45, 2.75) is 0 Å². The summed E-state index contributed by atoms with van der Waals surface area (Å²) in [5, 5.41) is 14.0. The van der Waals surface area contributed by atoms with Crippen LogP contribution in [0.4, 0.5) is 10.5 Å². The van der Waals surface area contributed by atoms with Crippen molar-refractivity contribution in [1.82, 2.24) is 9.88 Å². The molecule has 0 bridgehead atoms. The Morgan fingerprint density at radius 1 is 0.966 bits per heavy atom. The van der Waals surface area contributed by atoms with Gasteiger partial charge in [-0.2, -0.15) is 0 Å². The summed E-state index contributed by atoms with van der Waals surface area (Å²) < 4.78 is 1.76. The number of carboxylic acids is 1. The largest absolute Gasteiger partial charge is 0.545 e. The van der Waals surface area contributed by atoms with Crippen LogP contribution in [0.3, 0.4) is 0 Å². The first kappa shape index (κ1) is 18.5. The fourth-order valence-corrected chi connectivity index (χ4v) is 3.14. The molecule has 1 saturated heterocycles. The van der Waals surface area contributed by atoms with E-state index in [1.54, 1.807) is 65.4 Å². The van der Waals surface area contributed by atoms with Crippen LogP contribution in [0.2, 0.25) is 5.02 Å². The molecule has 0 atom stereocenters. The van der Waals surface area contributed by atoms with E-state index in [1.165, 1.54) is 12.1 Å². The lowest BCUT2D eigenvalue weighted by Gasteiger charge is -2.11. The second-order valence-corrected chi connectivity index (χ2v) is 6.68. The molecule has 144 valence electrons. The highest BCUT2D eigenvalue weighted by molar-refractivity contribution is 6.31. The van der Waals surface area contributed by atoms with Crippen LogP contribution in [0.25, 0.3) is 11.8 Å². The van der Waals surface area contributed by atoms with Crippen LogP contribution in [0.1, 0.15) is 16.1 Å². The average molecular weight is 407 g/mol. The summed E-state index contributed by atoms with van der Waals surface area (Å²) in [6, 6.07) is 15.5. The quantitative estimate of drug-likeness (QED) is 0.532. The highest BCUT2D eigenvalue weighted by atomic mass is 35.5. The predicted molar refractivity (Wildman–Crippen MR) is 106 cm³/mol. The molecule has 3 amide bonds. The molecule has 0 spiro atoms. The first-order chi connectivity index (χ1) is 13.9. The van der Waals surface area contributed by atoms with Crippen LogP contribution in [0.5, 0.6) is 0 Å². The zero-order valence-corrected chi connectivity index (χ0v) is 15.6. The smallest absolute Gasteiger partial charge is 0.333 e. The minimum absolute atomic E-state index is 0.0673. The molecule has 0 radical (unpaired) electrons. The fraction of sp³-hybridized carbons (Fsp3) is 0. The molecule has 1 fully saturated rings. The molecule has 7 nitrogen and oxygen atoms in total. The van der Waals surface area contributed by atoms with E-state index in [-0.39, 0.29) is 11.3 Å². The third-order valence-electron chi connectivity index (χ3n) is 4.42. The van der Waals surface area contributed by atoms with Gasteiger partial charge in [0.15, 0.2) is 0 Å². The van der Waals surface area contributed by atoms with Crippen molar-refractivity contribution >= 4 is 41.3 Å². The number of urea groups is 1. The van der Waals surface area contributed by atoms with Crippen LogP contribution in [0.15, 0.2) is 72.6 Å². The van der Waals surface area contributed by atoms with E-state index in [0.29, 0.717) is 22.1 Å². The maximum absolute atomic E-state index is 12.8. The maximum Gasteiger partial charge on any atom is 0.333 e. The van der Waals surface area contributed by atoms with Gasteiger partial charge >= 0.3 is 6.03 Å². The average Bonchev–Trinajstić information content (AvgIpc) is 3.27. The van der Waals surface area contributed by atoms with E-state index >= 15 is 0 Å².